The number of hydrogen-bond donors (Lipinski definition) is 1. The SMILES string of the molecule is CCNC(CC1OCCO1)c1c(F)ccc(Br)c1F. The second-order valence-electron chi connectivity index (χ2n) is 4.27. The summed E-state index contributed by atoms with van der Waals surface area (Å²) in [4.78, 5) is 0. The van der Waals surface area contributed by atoms with Gasteiger partial charge >= 0.3 is 0 Å². The predicted octanol–water partition coefficient (Wildman–Crippen LogP) is 3.14. The summed E-state index contributed by atoms with van der Waals surface area (Å²) in [6, 6.07) is 2.13. The van der Waals surface area contributed by atoms with Gasteiger partial charge in [-0.15, -0.1) is 0 Å². The summed E-state index contributed by atoms with van der Waals surface area (Å²) >= 11 is 3.08. The fourth-order valence-electron chi connectivity index (χ4n) is 2.15. The van der Waals surface area contributed by atoms with E-state index in [1.54, 1.807) is 0 Å². The van der Waals surface area contributed by atoms with Crippen molar-refractivity contribution in [2.24, 2.45) is 0 Å². The minimum Gasteiger partial charge on any atom is -0.350 e. The summed E-state index contributed by atoms with van der Waals surface area (Å²) in [7, 11) is 0. The van der Waals surface area contributed by atoms with Gasteiger partial charge in [0, 0.05) is 18.0 Å². The Morgan fingerprint density at radius 3 is 2.68 bits per heavy atom. The van der Waals surface area contributed by atoms with E-state index in [-0.39, 0.29) is 10.0 Å². The molecule has 1 aliphatic rings. The van der Waals surface area contributed by atoms with Gasteiger partial charge in [-0.05, 0) is 34.6 Å². The average Bonchev–Trinajstić information content (AvgIpc) is 2.87. The first-order valence-corrected chi connectivity index (χ1v) is 7.02. The van der Waals surface area contributed by atoms with Crippen molar-refractivity contribution in [3.63, 3.8) is 0 Å². The zero-order valence-corrected chi connectivity index (χ0v) is 12.2. The maximum absolute atomic E-state index is 14.1. The van der Waals surface area contributed by atoms with E-state index in [0.29, 0.717) is 26.2 Å². The molecule has 1 aromatic carbocycles. The number of ether oxygens (including phenoxy) is 2. The van der Waals surface area contributed by atoms with Crippen molar-refractivity contribution in [3.8, 4) is 0 Å². The van der Waals surface area contributed by atoms with Crippen LogP contribution in [0.4, 0.5) is 8.78 Å². The molecule has 0 aromatic heterocycles. The quantitative estimate of drug-likeness (QED) is 0.838. The molecule has 0 aliphatic carbocycles. The Labute approximate surface area is 119 Å². The number of hydrogen-bond acceptors (Lipinski definition) is 3. The highest BCUT2D eigenvalue weighted by Gasteiger charge is 2.27. The molecule has 3 nitrogen and oxygen atoms in total. The van der Waals surface area contributed by atoms with Gasteiger partial charge < -0.3 is 14.8 Å². The highest BCUT2D eigenvalue weighted by atomic mass is 79.9. The molecule has 2 rings (SSSR count). The van der Waals surface area contributed by atoms with Crippen molar-refractivity contribution in [2.45, 2.75) is 25.7 Å². The largest absolute Gasteiger partial charge is 0.350 e. The van der Waals surface area contributed by atoms with Crippen LogP contribution in [0.3, 0.4) is 0 Å². The third-order valence-electron chi connectivity index (χ3n) is 3.00. The van der Waals surface area contributed by atoms with Crippen LogP contribution in [0, 0.1) is 11.6 Å². The Balaban J connectivity index is 2.24. The van der Waals surface area contributed by atoms with E-state index >= 15 is 0 Å². The molecular formula is C13H16BrF2NO2. The highest BCUT2D eigenvalue weighted by molar-refractivity contribution is 9.10. The van der Waals surface area contributed by atoms with Crippen molar-refractivity contribution in [1.29, 1.82) is 0 Å². The Bertz CT molecular complexity index is 439. The molecule has 1 saturated heterocycles. The van der Waals surface area contributed by atoms with E-state index in [9.17, 15) is 8.78 Å². The molecule has 1 aromatic rings. The van der Waals surface area contributed by atoms with E-state index in [0.717, 1.165) is 0 Å². The van der Waals surface area contributed by atoms with Gasteiger partial charge in [-0.2, -0.15) is 0 Å². The Hall–Kier alpha value is -0.560. The van der Waals surface area contributed by atoms with Crippen LogP contribution in [-0.2, 0) is 9.47 Å². The van der Waals surface area contributed by atoms with E-state index in [1.165, 1.54) is 12.1 Å². The van der Waals surface area contributed by atoms with Gasteiger partial charge in [0.15, 0.2) is 6.29 Å². The van der Waals surface area contributed by atoms with E-state index in [1.807, 2.05) is 6.92 Å². The molecular weight excluding hydrogens is 320 g/mol. The lowest BCUT2D eigenvalue weighted by Crippen LogP contribution is -2.27. The van der Waals surface area contributed by atoms with Crippen LogP contribution < -0.4 is 5.32 Å². The van der Waals surface area contributed by atoms with Crippen molar-refractivity contribution >= 4 is 15.9 Å². The third kappa shape index (κ3) is 3.51. The minimum atomic E-state index is -0.580. The fraction of sp³-hybridized carbons (Fsp3) is 0.538. The molecule has 1 heterocycles. The second kappa shape index (κ2) is 6.74. The molecule has 106 valence electrons. The smallest absolute Gasteiger partial charge is 0.159 e. The summed E-state index contributed by atoms with van der Waals surface area (Å²) in [6.45, 7) is 3.53. The van der Waals surface area contributed by atoms with E-state index in [4.69, 9.17) is 9.47 Å². The highest BCUT2D eigenvalue weighted by Crippen LogP contribution is 2.30. The summed E-state index contributed by atoms with van der Waals surface area (Å²) in [6.07, 6.45) is -0.0418. The Morgan fingerprint density at radius 2 is 2.05 bits per heavy atom. The van der Waals surface area contributed by atoms with Gasteiger partial charge in [0.25, 0.3) is 0 Å². The maximum atomic E-state index is 14.1. The molecule has 6 heteroatoms. The van der Waals surface area contributed by atoms with Crippen LogP contribution in [0.2, 0.25) is 0 Å². The number of nitrogens with one attached hydrogen (secondary N) is 1. The summed E-state index contributed by atoms with van der Waals surface area (Å²) in [5.41, 5.74) is 0.0234. The minimum absolute atomic E-state index is 0.0234. The zero-order valence-electron chi connectivity index (χ0n) is 10.6. The summed E-state index contributed by atoms with van der Waals surface area (Å²) in [5, 5.41) is 3.07. The molecule has 1 unspecified atom stereocenters. The predicted molar refractivity (Wildman–Crippen MR) is 70.8 cm³/mol. The molecule has 1 fully saturated rings. The van der Waals surface area contributed by atoms with Crippen molar-refractivity contribution in [1.82, 2.24) is 5.32 Å². The molecule has 1 N–H and O–H groups in total. The van der Waals surface area contributed by atoms with Crippen molar-refractivity contribution in [3.05, 3.63) is 33.8 Å². The lowest BCUT2D eigenvalue weighted by atomic mass is 10.0. The molecule has 1 aliphatic heterocycles. The van der Waals surface area contributed by atoms with Gasteiger partial charge in [-0.3, -0.25) is 0 Å². The molecule has 0 saturated carbocycles. The summed E-state index contributed by atoms with van der Waals surface area (Å²) < 4.78 is 38.9. The zero-order chi connectivity index (χ0) is 13.8. The van der Waals surface area contributed by atoms with Gasteiger partial charge in [-0.25, -0.2) is 8.78 Å². The average molecular weight is 336 g/mol. The summed E-state index contributed by atoms with van der Waals surface area (Å²) in [5.74, 6) is -1.14. The molecule has 0 spiro atoms. The van der Waals surface area contributed by atoms with Crippen LogP contribution in [-0.4, -0.2) is 26.0 Å². The number of halogens is 3. The number of benzene rings is 1. The van der Waals surface area contributed by atoms with Crippen LogP contribution >= 0.6 is 15.9 Å². The maximum Gasteiger partial charge on any atom is 0.159 e. The van der Waals surface area contributed by atoms with Crippen LogP contribution in [0.25, 0.3) is 0 Å². The lowest BCUT2D eigenvalue weighted by molar-refractivity contribution is -0.0532. The van der Waals surface area contributed by atoms with Gasteiger partial charge in [0.05, 0.1) is 17.7 Å². The molecule has 0 bridgehead atoms. The van der Waals surface area contributed by atoms with Crippen molar-refractivity contribution in [2.75, 3.05) is 19.8 Å². The van der Waals surface area contributed by atoms with Gasteiger partial charge in [-0.1, -0.05) is 6.92 Å². The van der Waals surface area contributed by atoms with Crippen LogP contribution in [0.1, 0.15) is 24.9 Å². The Morgan fingerprint density at radius 1 is 1.37 bits per heavy atom. The van der Waals surface area contributed by atoms with Crippen LogP contribution in [0.15, 0.2) is 16.6 Å². The Kier molecular flexibility index (Phi) is 5.27. The standard InChI is InChI=1S/C13H16BrF2NO2/c1-2-17-10(7-11-18-5-6-19-11)12-9(15)4-3-8(14)13(12)16/h3-4,10-11,17H,2,5-7H2,1H3. The molecule has 1 atom stereocenters. The van der Waals surface area contributed by atoms with Gasteiger partial charge in [0.1, 0.15) is 11.6 Å². The lowest BCUT2D eigenvalue weighted by Gasteiger charge is -2.22. The van der Waals surface area contributed by atoms with Crippen molar-refractivity contribution < 1.29 is 18.3 Å². The number of rotatable bonds is 5. The monoisotopic (exact) mass is 335 g/mol. The van der Waals surface area contributed by atoms with Gasteiger partial charge in [0.2, 0.25) is 0 Å². The second-order valence-corrected chi connectivity index (χ2v) is 5.13. The molecule has 0 amide bonds. The third-order valence-corrected chi connectivity index (χ3v) is 3.61. The molecule has 0 radical (unpaired) electrons. The van der Waals surface area contributed by atoms with Crippen LogP contribution in [0.5, 0.6) is 0 Å². The molecule has 19 heavy (non-hydrogen) atoms. The first-order chi connectivity index (χ1) is 9.13. The van der Waals surface area contributed by atoms with E-state index in [2.05, 4.69) is 21.2 Å². The fourth-order valence-corrected chi connectivity index (χ4v) is 2.49. The first kappa shape index (κ1) is 14.8. The normalized spacial score (nSPS) is 17.9. The van der Waals surface area contributed by atoms with E-state index < -0.39 is 24.0 Å². The first-order valence-electron chi connectivity index (χ1n) is 6.23. The topological polar surface area (TPSA) is 30.5 Å².